The van der Waals surface area contributed by atoms with Crippen LogP contribution in [0.15, 0.2) is 27.6 Å². The van der Waals surface area contributed by atoms with E-state index in [-0.39, 0.29) is 18.0 Å². The minimum atomic E-state index is -3.68. The van der Waals surface area contributed by atoms with E-state index in [0.29, 0.717) is 0 Å². The molecule has 5 nitrogen and oxygen atoms in total. The number of hydrogen-bond acceptors (Lipinski definition) is 4. The molecule has 0 aliphatic rings. The number of halogens is 1. The Morgan fingerprint density at radius 2 is 2.11 bits per heavy atom. The Labute approximate surface area is 115 Å². The van der Waals surface area contributed by atoms with Gasteiger partial charge in [-0.2, -0.15) is 4.72 Å². The summed E-state index contributed by atoms with van der Waals surface area (Å²) in [5.74, 6) is -0.602. The first-order valence-corrected chi connectivity index (χ1v) is 7.56. The lowest BCUT2D eigenvalue weighted by Gasteiger charge is -2.07. The molecule has 0 aliphatic carbocycles. The number of nitrogens with one attached hydrogen (secondary N) is 1. The van der Waals surface area contributed by atoms with Crippen molar-refractivity contribution in [3.63, 3.8) is 0 Å². The van der Waals surface area contributed by atoms with E-state index in [1.54, 1.807) is 19.9 Å². The highest BCUT2D eigenvalue weighted by Gasteiger charge is 2.16. The number of sulfonamides is 1. The fraction of sp³-hybridized carbons (Fsp3) is 0.364. The minimum Gasteiger partial charge on any atom is -0.465 e. The van der Waals surface area contributed by atoms with E-state index in [0.717, 1.165) is 10.0 Å². The second-order valence-electron chi connectivity index (χ2n) is 3.54. The molecule has 0 aromatic heterocycles. The van der Waals surface area contributed by atoms with E-state index < -0.39 is 16.0 Å². The molecule has 18 heavy (non-hydrogen) atoms. The van der Waals surface area contributed by atoms with Crippen molar-refractivity contribution in [2.24, 2.45) is 0 Å². The second kappa shape index (κ2) is 6.31. The average Bonchev–Trinajstić information content (AvgIpc) is 2.30. The molecule has 0 saturated carbocycles. The van der Waals surface area contributed by atoms with E-state index in [1.165, 1.54) is 12.1 Å². The van der Waals surface area contributed by atoms with Gasteiger partial charge in [0.25, 0.3) is 0 Å². The first-order chi connectivity index (χ1) is 8.36. The average molecular weight is 336 g/mol. The van der Waals surface area contributed by atoms with Crippen LogP contribution in [0, 0.1) is 6.92 Å². The second-order valence-corrected chi connectivity index (χ2v) is 6.16. The molecule has 0 unspecified atom stereocenters. The van der Waals surface area contributed by atoms with Crippen LogP contribution in [0.3, 0.4) is 0 Å². The van der Waals surface area contributed by atoms with Crippen molar-refractivity contribution in [1.82, 2.24) is 4.72 Å². The van der Waals surface area contributed by atoms with Crippen molar-refractivity contribution in [3.05, 3.63) is 28.2 Å². The van der Waals surface area contributed by atoms with Crippen LogP contribution in [0.2, 0.25) is 0 Å². The molecule has 1 aromatic rings. The summed E-state index contributed by atoms with van der Waals surface area (Å²) in [5.41, 5.74) is 0.800. The molecule has 0 fully saturated rings. The number of hydrogen-bond donors (Lipinski definition) is 1. The summed E-state index contributed by atoms with van der Waals surface area (Å²) in [4.78, 5) is 11.2. The van der Waals surface area contributed by atoms with Crippen LogP contribution in [0.4, 0.5) is 0 Å². The third-order valence-electron chi connectivity index (χ3n) is 2.15. The molecule has 100 valence electrons. The fourth-order valence-corrected chi connectivity index (χ4v) is 2.53. The van der Waals surface area contributed by atoms with Gasteiger partial charge in [0.05, 0.1) is 11.5 Å². The van der Waals surface area contributed by atoms with Gasteiger partial charge in [0, 0.05) is 4.47 Å². The monoisotopic (exact) mass is 335 g/mol. The molecule has 1 rings (SSSR count). The Kier molecular flexibility index (Phi) is 5.30. The molecule has 0 radical (unpaired) electrons. The number of carbonyl (C=O) groups excluding carboxylic acids is 1. The van der Waals surface area contributed by atoms with Crippen molar-refractivity contribution in [2.45, 2.75) is 18.7 Å². The van der Waals surface area contributed by atoms with Crippen molar-refractivity contribution in [1.29, 1.82) is 0 Å². The van der Waals surface area contributed by atoms with Crippen LogP contribution in [0.5, 0.6) is 0 Å². The Morgan fingerprint density at radius 3 is 2.67 bits per heavy atom. The van der Waals surface area contributed by atoms with Gasteiger partial charge in [-0.25, -0.2) is 8.42 Å². The highest BCUT2D eigenvalue weighted by Crippen LogP contribution is 2.19. The quantitative estimate of drug-likeness (QED) is 0.829. The Hall–Kier alpha value is -0.920. The number of carbonyl (C=O) groups is 1. The van der Waals surface area contributed by atoms with Gasteiger partial charge in [-0.1, -0.05) is 15.9 Å². The molecule has 1 aromatic carbocycles. The van der Waals surface area contributed by atoms with Gasteiger partial charge in [-0.15, -0.1) is 0 Å². The van der Waals surface area contributed by atoms with Gasteiger partial charge < -0.3 is 4.74 Å². The van der Waals surface area contributed by atoms with Gasteiger partial charge >= 0.3 is 5.97 Å². The molecule has 0 heterocycles. The first kappa shape index (κ1) is 15.1. The predicted molar refractivity (Wildman–Crippen MR) is 70.7 cm³/mol. The number of benzene rings is 1. The Morgan fingerprint density at radius 1 is 1.44 bits per heavy atom. The predicted octanol–water partition coefficient (Wildman–Crippen LogP) is 1.60. The molecule has 0 bridgehead atoms. The fourth-order valence-electron chi connectivity index (χ4n) is 1.23. The van der Waals surface area contributed by atoms with Crippen LogP contribution in [-0.2, 0) is 19.6 Å². The van der Waals surface area contributed by atoms with Crippen LogP contribution >= 0.6 is 15.9 Å². The van der Waals surface area contributed by atoms with Crippen LogP contribution < -0.4 is 4.72 Å². The lowest BCUT2D eigenvalue weighted by atomic mass is 10.2. The summed E-state index contributed by atoms with van der Waals surface area (Å²) in [5, 5.41) is 0. The van der Waals surface area contributed by atoms with E-state index in [1.807, 2.05) is 0 Å². The van der Waals surface area contributed by atoms with Gasteiger partial charge in [-0.3, -0.25) is 4.79 Å². The minimum absolute atomic E-state index is 0.118. The maximum atomic E-state index is 11.9. The maximum absolute atomic E-state index is 11.9. The van der Waals surface area contributed by atoms with Crippen LogP contribution in [-0.4, -0.2) is 27.5 Å². The van der Waals surface area contributed by atoms with Crippen molar-refractivity contribution in [3.8, 4) is 0 Å². The molecule has 0 atom stereocenters. The van der Waals surface area contributed by atoms with Gasteiger partial charge in [-0.05, 0) is 37.6 Å². The summed E-state index contributed by atoms with van der Waals surface area (Å²) in [7, 11) is -3.68. The molecule has 0 saturated heterocycles. The summed E-state index contributed by atoms with van der Waals surface area (Å²) in [6.45, 7) is 3.29. The number of aryl methyl sites for hydroxylation is 1. The zero-order valence-electron chi connectivity index (χ0n) is 10.1. The van der Waals surface area contributed by atoms with E-state index >= 15 is 0 Å². The summed E-state index contributed by atoms with van der Waals surface area (Å²) < 4.78 is 31.4. The maximum Gasteiger partial charge on any atom is 0.321 e. The third kappa shape index (κ3) is 4.08. The Bertz CT molecular complexity index is 542. The Balaban J connectivity index is 2.80. The number of rotatable bonds is 5. The molecule has 0 spiro atoms. The molecular weight excluding hydrogens is 322 g/mol. The van der Waals surface area contributed by atoms with Crippen molar-refractivity contribution in [2.75, 3.05) is 13.2 Å². The normalized spacial score (nSPS) is 11.3. The van der Waals surface area contributed by atoms with Gasteiger partial charge in [0.2, 0.25) is 10.0 Å². The van der Waals surface area contributed by atoms with Crippen molar-refractivity contribution < 1.29 is 17.9 Å². The summed E-state index contributed by atoms with van der Waals surface area (Å²) >= 11 is 3.29. The molecule has 0 aliphatic heterocycles. The molecule has 1 N–H and O–H groups in total. The first-order valence-electron chi connectivity index (χ1n) is 5.28. The standard InChI is InChI=1S/C11H14BrNO4S/c1-3-17-11(14)7-13-18(15,16)9-4-5-10(12)8(2)6-9/h4-6,13H,3,7H2,1-2H3. The smallest absolute Gasteiger partial charge is 0.321 e. The number of ether oxygens (including phenoxy) is 1. The zero-order valence-corrected chi connectivity index (χ0v) is 12.5. The van der Waals surface area contributed by atoms with E-state index in [4.69, 9.17) is 0 Å². The lowest BCUT2D eigenvalue weighted by Crippen LogP contribution is -2.30. The third-order valence-corrected chi connectivity index (χ3v) is 4.44. The van der Waals surface area contributed by atoms with E-state index in [9.17, 15) is 13.2 Å². The van der Waals surface area contributed by atoms with E-state index in [2.05, 4.69) is 25.4 Å². The number of esters is 1. The van der Waals surface area contributed by atoms with Crippen LogP contribution in [0.1, 0.15) is 12.5 Å². The van der Waals surface area contributed by atoms with Gasteiger partial charge in [0.15, 0.2) is 0 Å². The zero-order chi connectivity index (χ0) is 13.8. The molecule has 0 amide bonds. The lowest BCUT2D eigenvalue weighted by molar-refractivity contribution is -0.141. The topological polar surface area (TPSA) is 72.5 Å². The van der Waals surface area contributed by atoms with Crippen molar-refractivity contribution >= 4 is 31.9 Å². The largest absolute Gasteiger partial charge is 0.465 e. The summed E-state index contributed by atoms with van der Waals surface area (Å²) in [6.07, 6.45) is 0. The van der Waals surface area contributed by atoms with Crippen LogP contribution in [0.25, 0.3) is 0 Å². The van der Waals surface area contributed by atoms with Gasteiger partial charge in [0.1, 0.15) is 6.54 Å². The molecular formula is C11H14BrNO4S. The SMILES string of the molecule is CCOC(=O)CNS(=O)(=O)c1ccc(Br)c(C)c1. The molecule has 7 heteroatoms. The highest BCUT2D eigenvalue weighted by molar-refractivity contribution is 9.10. The summed E-state index contributed by atoms with van der Waals surface area (Å²) in [6, 6.07) is 4.64. The highest BCUT2D eigenvalue weighted by atomic mass is 79.9.